The molecule has 30 heavy (non-hydrogen) atoms. The number of nitrogens with zero attached hydrogens (tertiary/aromatic N) is 1. The quantitative estimate of drug-likeness (QED) is 0.404. The van der Waals surface area contributed by atoms with E-state index in [1.165, 1.54) is 5.56 Å². The van der Waals surface area contributed by atoms with Gasteiger partial charge in [0.1, 0.15) is 6.04 Å². The number of unbranched alkanes of at least 4 members (excludes halogenated alkanes) is 1. The number of halogens is 1. The van der Waals surface area contributed by atoms with Crippen LogP contribution in [0.1, 0.15) is 44.2 Å². The Hall–Kier alpha value is -1.79. The fourth-order valence-electron chi connectivity index (χ4n) is 3.13. The second kappa shape index (κ2) is 13.5. The molecular formula is C24H31BrN2O2S. The largest absolute Gasteiger partial charge is 0.354 e. The number of hydrogen-bond acceptors (Lipinski definition) is 3. The van der Waals surface area contributed by atoms with Crippen molar-refractivity contribution in [3.63, 3.8) is 0 Å². The van der Waals surface area contributed by atoms with E-state index in [2.05, 4.69) is 40.3 Å². The summed E-state index contributed by atoms with van der Waals surface area (Å²) in [6, 6.07) is 17.5. The number of nitrogens with one attached hydrogen (secondary N) is 1. The van der Waals surface area contributed by atoms with E-state index in [1.54, 1.807) is 16.7 Å². The van der Waals surface area contributed by atoms with Crippen molar-refractivity contribution in [3.05, 3.63) is 70.2 Å². The van der Waals surface area contributed by atoms with E-state index in [-0.39, 0.29) is 11.8 Å². The van der Waals surface area contributed by atoms with E-state index in [0.717, 1.165) is 28.6 Å². The zero-order valence-corrected chi connectivity index (χ0v) is 20.2. The number of thioether (sulfide) groups is 1. The van der Waals surface area contributed by atoms with Gasteiger partial charge in [-0.2, -0.15) is 0 Å². The van der Waals surface area contributed by atoms with Crippen molar-refractivity contribution < 1.29 is 9.59 Å². The van der Waals surface area contributed by atoms with Gasteiger partial charge in [0.05, 0.1) is 5.75 Å². The molecule has 2 aromatic carbocycles. The van der Waals surface area contributed by atoms with Crippen molar-refractivity contribution in [1.82, 2.24) is 10.2 Å². The lowest BCUT2D eigenvalue weighted by Crippen LogP contribution is -2.49. The van der Waals surface area contributed by atoms with E-state index < -0.39 is 6.04 Å². The van der Waals surface area contributed by atoms with Gasteiger partial charge in [-0.3, -0.25) is 9.59 Å². The topological polar surface area (TPSA) is 49.4 Å². The lowest BCUT2D eigenvalue weighted by molar-refractivity contribution is -0.139. The van der Waals surface area contributed by atoms with Crippen LogP contribution in [0.2, 0.25) is 0 Å². The van der Waals surface area contributed by atoms with Gasteiger partial charge in [-0.05, 0) is 36.1 Å². The predicted octanol–water partition coefficient (Wildman–Crippen LogP) is 5.41. The first-order valence-electron chi connectivity index (χ1n) is 10.5. The molecule has 6 heteroatoms. The summed E-state index contributed by atoms with van der Waals surface area (Å²) >= 11 is 5.02. The highest BCUT2D eigenvalue weighted by Gasteiger charge is 2.28. The van der Waals surface area contributed by atoms with E-state index >= 15 is 0 Å². The Bertz CT molecular complexity index is 784. The van der Waals surface area contributed by atoms with Gasteiger partial charge in [-0.25, -0.2) is 0 Å². The minimum absolute atomic E-state index is 0.00143. The summed E-state index contributed by atoms with van der Waals surface area (Å²) in [7, 11) is 0. The van der Waals surface area contributed by atoms with E-state index in [0.29, 0.717) is 25.3 Å². The molecule has 0 fully saturated rings. The van der Waals surface area contributed by atoms with Crippen LogP contribution < -0.4 is 5.32 Å². The summed E-state index contributed by atoms with van der Waals surface area (Å²) in [5, 5.41) is 3.00. The third-order valence-corrected chi connectivity index (χ3v) is 6.34. The molecule has 2 aromatic rings. The van der Waals surface area contributed by atoms with Crippen LogP contribution in [0.25, 0.3) is 0 Å². The highest BCUT2D eigenvalue weighted by atomic mass is 79.9. The van der Waals surface area contributed by atoms with Gasteiger partial charge in [0.15, 0.2) is 0 Å². The van der Waals surface area contributed by atoms with Crippen molar-refractivity contribution in [2.75, 3.05) is 12.3 Å². The molecule has 2 amide bonds. The van der Waals surface area contributed by atoms with Crippen LogP contribution in [0.5, 0.6) is 0 Å². The first-order chi connectivity index (χ1) is 14.5. The number of rotatable bonds is 12. The lowest BCUT2D eigenvalue weighted by atomic mass is 10.1. The monoisotopic (exact) mass is 490 g/mol. The fourth-order valence-corrected chi connectivity index (χ4v) is 4.26. The van der Waals surface area contributed by atoms with Gasteiger partial charge in [0.25, 0.3) is 0 Å². The Morgan fingerprint density at radius 3 is 2.37 bits per heavy atom. The standard InChI is InChI=1S/C24H31BrN2O2S/c1-3-5-15-26-24(29)22(4-2)27(16-19-9-7-6-8-10-19)23(28)18-30-17-20-11-13-21(25)14-12-20/h6-14,22H,3-5,15-18H2,1-2H3,(H,26,29). The Balaban J connectivity index is 2.05. The third-order valence-electron chi connectivity index (χ3n) is 4.82. The molecule has 1 unspecified atom stereocenters. The number of amides is 2. The van der Waals surface area contributed by atoms with Crippen LogP contribution in [0.3, 0.4) is 0 Å². The summed E-state index contributed by atoms with van der Waals surface area (Å²) in [4.78, 5) is 27.7. The average Bonchev–Trinajstić information content (AvgIpc) is 2.76. The molecule has 0 aromatic heterocycles. The second-order valence-corrected chi connectivity index (χ2v) is 9.10. The Morgan fingerprint density at radius 1 is 1.03 bits per heavy atom. The zero-order chi connectivity index (χ0) is 21.8. The van der Waals surface area contributed by atoms with E-state index in [9.17, 15) is 9.59 Å². The summed E-state index contributed by atoms with van der Waals surface area (Å²) < 4.78 is 1.04. The van der Waals surface area contributed by atoms with Crippen LogP contribution >= 0.6 is 27.7 Å². The van der Waals surface area contributed by atoms with Gasteiger partial charge in [0.2, 0.25) is 11.8 Å². The second-order valence-electron chi connectivity index (χ2n) is 7.20. The molecule has 0 bridgehead atoms. The van der Waals surface area contributed by atoms with Crippen molar-refractivity contribution in [1.29, 1.82) is 0 Å². The average molecular weight is 491 g/mol. The highest BCUT2D eigenvalue weighted by molar-refractivity contribution is 9.10. The maximum absolute atomic E-state index is 13.1. The normalized spacial score (nSPS) is 11.7. The summed E-state index contributed by atoms with van der Waals surface area (Å²) in [6.45, 7) is 5.15. The maximum atomic E-state index is 13.1. The van der Waals surface area contributed by atoms with Crippen LogP contribution in [0.4, 0.5) is 0 Å². The van der Waals surface area contributed by atoms with Crippen LogP contribution in [-0.4, -0.2) is 35.1 Å². The highest BCUT2D eigenvalue weighted by Crippen LogP contribution is 2.18. The van der Waals surface area contributed by atoms with Gasteiger partial charge in [-0.1, -0.05) is 78.7 Å². The molecule has 0 radical (unpaired) electrons. The van der Waals surface area contributed by atoms with Crippen LogP contribution in [0, 0.1) is 0 Å². The van der Waals surface area contributed by atoms with Crippen molar-refractivity contribution in [3.8, 4) is 0 Å². The summed E-state index contributed by atoms with van der Waals surface area (Å²) in [5.41, 5.74) is 2.21. The Morgan fingerprint density at radius 2 is 1.73 bits per heavy atom. The smallest absolute Gasteiger partial charge is 0.242 e. The maximum Gasteiger partial charge on any atom is 0.242 e. The van der Waals surface area contributed by atoms with Crippen molar-refractivity contribution in [2.24, 2.45) is 0 Å². The number of carbonyl (C=O) groups is 2. The fraction of sp³-hybridized carbons (Fsp3) is 0.417. The molecule has 2 rings (SSSR count). The molecule has 1 atom stereocenters. The Labute approximate surface area is 192 Å². The molecular weight excluding hydrogens is 460 g/mol. The Kier molecular flexibility index (Phi) is 11.0. The van der Waals surface area contributed by atoms with Crippen LogP contribution in [0.15, 0.2) is 59.1 Å². The molecule has 0 aliphatic carbocycles. The molecule has 0 heterocycles. The van der Waals surface area contributed by atoms with Crippen molar-refractivity contribution in [2.45, 2.75) is 51.4 Å². The molecule has 0 saturated carbocycles. The van der Waals surface area contributed by atoms with Gasteiger partial charge in [0, 0.05) is 23.3 Å². The molecule has 1 N–H and O–H groups in total. The SMILES string of the molecule is CCCCNC(=O)C(CC)N(Cc1ccccc1)C(=O)CSCc1ccc(Br)cc1. The van der Waals surface area contributed by atoms with Gasteiger partial charge in [-0.15, -0.1) is 11.8 Å². The lowest BCUT2D eigenvalue weighted by Gasteiger charge is -2.30. The van der Waals surface area contributed by atoms with Gasteiger partial charge < -0.3 is 10.2 Å². The zero-order valence-electron chi connectivity index (χ0n) is 17.8. The third kappa shape index (κ3) is 8.15. The molecule has 0 aliphatic heterocycles. The first-order valence-corrected chi connectivity index (χ1v) is 12.4. The van der Waals surface area contributed by atoms with E-state index in [4.69, 9.17) is 0 Å². The molecule has 0 spiro atoms. The van der Waals surface area contributed by atoms with E-state index in [1.807, 2.05) is 49.4 Å². The van der Waals surface area contributed by atoms with Crippen molar-refractivity contribution >= 4 is 39.5 Å². The van der Waals surface area contributed by atoms with Gasteiger partial charge >= 0.3 is 0 Å². The molecule has 0 aliphatic rings. The number of hydrogen-bond donors (Lipinski definition) is 1. The predicted molar refractivity (Wildman–Crippen MR) is 129 cm³/mol. The molecule has 4 nitrogen and oxygen atoms in total. The minimum Gasteiger partial charge on any atom is -0.354 e. The molecule has 162 valence electrons. The molecule has 0 saturated heterocycles. The van der Waals surface area contributed by atoms with Crippen LogP contribution in [-0.2, 0) is 21.9 Å². The minimum atomic E-state index is -0.456. The number of carbonyl (C=O) groups excluding carboxylic acids is 2. The first kappa shape index (κ1) is 24.5. The summed E-state index contributed by atoms with van der Waals surface area (Å²) in [6.07, 6.45) is 2.56. The number of benzene rings is 2. The summed E-state index contributed by atoms with van der Waals surface area (Å²) in [5.74, 6) is 1.05.